The largest absolute Gasteiger partial charge is 0.303 e. The summed E-state index contributed by atoms with van der Waals surface area (Å²) in [7, 11) is 0. The Kier molecular flexibility index (Phi) is 9.01. The first-order chi connectivity index (χ1) is 8.10. The van der Waals surface area contributed by atoms with E-state index in [4.69, 9.17) is 0 Å². The number of hydrogen-bond donors (Lipinski definition) is 0. The molecule has 0 aromatic carbocycles. The van der Waals surface area contributed by atoms with Crippen molar-refractivity contribution in [2.45, 2.75) is 72.1 Å². The van der Waals surface area contributed by atoms with E-state index in [1.165, 1.54) is 19.3 Å². The lowest BCUT2D eigenvalue weighted by molar-refractivity contribution is -0.121. The Bertz CT molecular complexity index is 211. The van der Waals surface area contributed by atoms with Gasteiger partial charge in [-0.1, -0.05) is 52.9 Å². The molecule has 1 atom stereocenters. The van der Waals surface area contributed by atoms with Crippen molar-refractivity contribution in [2.75, 3.05) is 0 Å². The van der Waals surface area contributed by atoms with Crippen molar-refractivity contribution in [3.63, 3.8) is 0 Å². The number of carbonyl (C=O) groups excluding carboxylic acids is 2. The van der Waals surface area contributed by atoms with Gasteiger partial charge >= 0.3 is 0 Å². The number of aldehydes is 2. The minimum atomic E-state index is -0.375. The van der Waals surface area contributed by atoms with Crippen LogP contribution in [0.5, 0.6) is 0 Å². The van der Waals surface area contributed by atoms with E-state index in [0.717, 1.165) is 38.3 Å². The van der Waals surface area contributed by atoms with Crippen LogP contribution in [0, 0.1) is 11.3 Å². The van der Waals surface area contributed by atoms with Crippen LogP contribution in [0.25, 0.3) is 0 Å². The standard InChI is InChI=1S/C15H28O2/c1-4-5-6-7-9-15(13-17,11-12-16)10-8-14(2)3/h12-14H,4-11H2,1-3H3. The summed E-state index contributed by atoms with van der Waals surface area (Å²) in [6.45, 7) is 6.50. The molecule has 17 heavy (non-hydrogen) atoms. The molecular weight excluding hydrogens is 212 g/mol. The summed E-state index contributed by atoms with van der Waals surface area (Å²) in [5.74, 6) is 0.594. The molecule has 0 spiro atoms. The predicted octanol–water partition coefficient (Wildman–Crippen LogP) is 4.17. The maximum Gasteiger partial charge on any atom is 0.126 e. The van der Waals surface area contributed by atoms with Gasteiger partial charge in [-0.05, 0) is 18.8 Å². The highest BCUT2D eigenvalue weighted by Crippen LogP contribution is 2.33. The normalized spacial score (nSPS) is 14.6. The molecule has 100 valence electrons. The van der Waals surface area contributed by atoms with Crippen LogP contribution in [0.2, 0.25) is 0 Å². The fourth-order valence-electron chi connectivity index (χ4n) is 2.14. The van der Waals surface area contributed by atoms with Gasteiger partial charge in [-0.2, -0.15) is 0 Å². The van der Waals surface area contributed by atoms with E-state index < -0.39 is 0 Å². The maximum atomic E-state index is 11.3. The highest BCUT2D eigenvalue weighted by Gasteiger charge is 2.28. The second-order valence-corrected chi connectivity index (χ2v) is 5.59. The van der Waals surface area contributed by atoms with Gasteiger partial charge in [0.2, 0.25) is 0 Å². The lowest BCUT2D eigenvalue weighted by Crippen LogP contribution is -2.24. The molecule has 2 heteroatoms. The Balaban J connectivity index is 4.25. The first-order valence-corrected chi connectivity index (χ1v) is 7.00. The second-order valence-electron chi connectivity index (χ2n) is 5.59. The molecule has 2 nitrogen and oxygen atoms in total. The third kappa shape index (κ3) is 7.30. The van der Waals surface area contributed by atoms with Gasteiger partial charge in [0.05, 0.1) is 0 Å². The van der Waals surface area contributed by atoms with Gasteiger partial charge in [-0.3, -0.25) is 0 Å². The Morgan fingerprint density at radius 3 is 2.24 bits per heavy atom. The molecule has 0 radical (unpaired) electrons. The van der Waals surface area contributed by atoms with Gasteiger partial charge in [0.25, 0.3) is 0 Å². The molecule has 0 amide bonds. The smallest absolute Gasteiger partial charge is 0.126 e. The first-order valence-electron chi connectivity index (χ1n) is 7.00. The summed E-state index contributed by atoms with van der Waals surface area (Å²) in [5, 5.41) is 0. The molecule has 0 saturated carbocycles. The molecule has 0 heterocycles. The molecular formula is C15H28O2. The van der Waals surface area contributed by atoms with Gasteiger partial charge in [0, 0.05) is 11.8 Å². The molecule has 0 saturated heterocycles. The van der Waals surface area contributed by atoms with Crippen LogP contribution >= 0.6 is 0 Å². The molecule has 0 aliphatic rings. The fourth-order valence-corrected chi connectivity index (χ4v) is 2.14. The van der Waals surface area contributed by atoms with Crippen molar-refractivity contribution in [3.8, 4) is 0 Å². The molecule has 0 fully saturated rings. The summed E-state index contributed by atoms with van der Waals surface area (Å²) >= 11 is 0. The van der Waals surface area contributed by atoms with Crippen LogP contribution in [0.15, 0.2) is 0 Å². The van der Waals surface area contributed by atoms with Gasteiger partial charge in [-0.15, -0.1) is 0 Å². The average Bonchev–Trinajstić information content (AvgIpc) is 2.31. The van der Waals surface area contributed by atoms with Crippen LogP contribution < -0.4 is 0 Å². The summed E-state index contributed by atoms with van der Waals surface area (Å²) < 4.78 is 0. The van der Waals surface area contributed by atoms with Crippen molar-refractivity contribution in [1.29, 1.82) is 0 Å². The van der Waals surface area contributed by atoms with E-state index in [9.17, 15) is 9.59 Å². The third-order valence-electron chi connectivity index (χ3n) is 3.49. The Labute approximate surface area is 106 Å². The molecule has 0 rings (SSSR count). The van der Waals surface area contributed by atoms with Crippen molar-refractivity contribution >= 4 is 12.6 Å². The van der Waals surface area contributed by atoms with Gasteiger partial charge in [-0.25, -0.2) is 0 Å². The zero-order valence-electron chi connectivity index (χ0n) is 11.7. The molecule has 0 N–H and O–H groups in total. The molecule has 0 aromatic heterocycles. The van der Waals surface area contributed by atoms with Crippen molar-refractivity contribution in [2.24, 2.45) is 11.3 Å². The van der Waals surface area contributed by atoms with Crippen molar-refractivity contribution in [3.05, 3.63) is 0 Å². The van der Waals surface area contributed by atoms with Crippen LogP contribution in [-0.2, 0) is 9.59 Å². The highest BCUT2D eigenvalue weighted by molar-refractivity contribution is 5.66. The third-order valence-corrected chi connectivity index (χ3v) is 3.49. The number of carbonyl (C=O) groups is 2. The number of unbranched alkanes of at least 4 members (excludes halogenated alkanes) is 3. The average molecular weight is 240 g/mol. The van der Waals surface area contributed by atoms with Crippen molar-refractivity contribution in [1.82, 2.24) is 0 Å². The molecule has 1 unspecified atom stereocenters. The SMILES string of the molecule is CCCCCCC(C=O)(CC=O)CCC(C)C. The highest BCUT2D eigenvalue weighted by atomic mass is 16.1. The number of rotatable bonds is 11. The van der Waals surface area contributed by atoms with E-state index in [1.807, 2.05) is 0 Å². The van der Waals surface area contributed by atoms with E-state index in [-0.39, 0.29) is 5.41 Å². The molecule has 0 aromatic rings. The topological polar surface area (TPSA) is 34.1 Å². The van der Waals surface area contributed by atoms with Gasteiger partial charge < -0.3 is 9.59 Å². The minimum Gasteiger partial charge on any atom is -0.303 e. The summed E-state index contributed by atoms with van der Waals surface area (Å²) in [6.07, 6.45) is 9.78. The maximum absolute atomic E-state index is 11.3. The second kappa shape index (κ2) is 9.38. The lowest BCUT2D eigenvalue weighted by Gasteiger charge is -2.26. The zero-order valence-corrected chi connectivity index (χ0v) is 11.7. The van der Waals surface area contributed by atoms with E-state index in [1.54, 1.807) is 0 Å². The lowest BCUT2D eigenvalue weighted by atomic mass is 9.76. The summed E-state index contributed by atoms with van der Waals surface area (Å²) in [6, 6.07) is 0. The Morgan fingerprint density at radius 1 is 1.06 bits per heavy atom. The Hall–Kier alpha value is -0.660. The fraction of sp³-hybridized carbons (Fsp3) is 0.867. The van der Waals surface area contributed by atoms with E-state index in [0.29, 0.717) is 12.3 Å². The van der Waals surface area contributed by atoms with Gasteiger partial charge in [0.15, 0.2) is 0 Å². The van der Waals surface area contributed by atoms with E-state index in [2.05, 4.69) is 20.8 Å². The molecule has 0 aliphatic heterocycles. The Morgan fingerprint density at radius 2 is 1.76 bits per heavy atom. The van der Waals surface area contributed by atoms with Crippen LogP contribution in [-0.4, -0.2) is 12.6 Å². The van der Waals surface area contributed by atoms with Crippen LogP contribution in [0.1, 0.15) is 72.1 Å². The molecule has 0 aliphatic carbocycles. The molecule has 0 bridgehead atoms. The minimum absolute atomic E-state index is 0.375. The van der Waals surface area contributed by atoms with Crippen molar-refractivity contribution < 1.29 is 9.59 Å². The van der Waals surface area contributed by atoms with E-state index >= 15 is 0 Å². The first kappa shape index (κ1) is 16.3. The van der Waals surface area contributed by atoms with Crippen LogP contribution in [0.4, 0.5) is 0 Å². The number of hydrogen-bond acceptors (Lipinski definition) is 2. The monoisotopic (exact) mass is 240 g/mol. The zero-order chi connectivity index (χ0) is 13.1. The van der Waals surface area contributed by atoms with Gasteiger partial charge in [0.1, 0.15) is 12.6 Å². The summed E-state index contributed by atoms with van der Waals surface area (Å²) in [5.41, 5.74) is -0.375. The predicted molar refractivity (Wildman–Crippen MR) is 72.0 cm³/mol. The summed E-state index contributed by atoms with van der Waals surface area (Å²) in [4.78, 5) is 22.1. The quantitative estimate of drug-likeness (QED) is 0.401. The van der Waals surface area contributed by atoms with Crippen LogP contribution in [0.3, 0.4) is 0 Å².